The number of phenolic OH excluding ortho intramolecular Hbond substituents is 1. The van der Waals surface area contributed by atoms with Crippen molar-refractivity contribution in [3.63, 3.8) is 0 Å². The Morgan fingerprint density at radius 1 is 0.846 bits per heavy atom. The van der Waals surface area contributed by atoms with E-state index in [2.05, 4.69) is 46.8 Å². The molecule has 150 valence electrons. The van der Waals surface area contributed by atoms with Crippen molar-refractivity contribution in [3.05, 3.63) is 29.3 Å². The molecule has 0 spiro atoms. The second kappa shape index (κ2) is 12.4. The average Bonchev–Trinajstić information content (AvgIpc) is 2.61. The third-order valence-corrected chi connectivity index (χ3v) is 5.99. The predicted octanol–water partition coefficient (Wildman–Crippen LogP) is 8.49. The summed E-state index contributed by atoms with van der Waals surface area (Å²) >= 11 is 0. The highest BCUT2D eigenvalue weighted by Crippen LogP contribution is 2.36. The van der Waals surface area contributed by atoms with E-state index in [1.54, 1.807) is 0 Å². The second-order valence-corrected chi connectivity index (χ2v) is 8.93. The lowest BCUT2D eigenvalue weighted by Gasteiger charge is -2.27. The van der Waals surface area contributed by atoms with E-state index in [9.17, 15) is 5.11 Å². The molecule has 1 aromatic rings. The van der Waals surface area contributed by atoms with Crippen molar-refractivity contribution in [1.82, 2.24) is 0 Å². The van der Waals surface area contributed by atoms with Gasteiger partial charge in [-0.1, -0.05) is 111 Å². The molecule has 26 heavy (non-hydrogen) atoms. The summed E-state index contributed by atoms with van der Waals surface area (Å²) in [6.45, 7) is 11.5. The van der Waals surface area contributed by atoms with Crippen LogP contribution in [0.2, 0.25) is 0 Å². The summed E-state index contributed by atoms with van der Waals surface area (Å²) in [5, 5.41) is 10.4. The van der Waals surface area contributed by atoms with Crippen LogP contribution in [0.1, 0.15) is 129 Å². The highest BCUT2D eigenvalue weighted by molar-refractivity contribution is 5.41. The van der Waals surface area contributed by atoms with Gasteiger partial charge in [0.1, 0.15) is 5.75 Å². The van der Waals surface area contributed by atoms with Gasteiger partial charge in [-0.15, -0.1) is 0 Å². The number of rotatable bonds is 14. The summed E-state index contributed by atoms with van der Waals surface area (Å²) in [5.74, 6) is 0.922. The molecule has 1 heteroatoms. The number of hydrogen-bond donors (Lipinski definition) is 1. The molecule has 0 fully saturated rings. The van der Waals surface area contributed by atoms with E-state index < -0.39 is 0 Å². The van der Waals surface area contributed by atoms with Gasteiger partial charge in [0.05, 0.1) is 0 Å². The Labute approximate surface area is 163 Å². The van der Waals surface area contributed by atoms with Crippen molar-refractivity contribution >= 4 is 0 Å². The molecule has 1 rings (SSSR count). The first-order chi connectivity index (χ1) is 12.4. The first kappa shape index (κ1) is 23.1. The SMILES string of the molecule is CCCCCCCCC(C)c1cc(C(C)(C)CCCCCC)ccc1O. The highest BCUT2D eigenvalue weighted by Gasteiger charge is 2.22. The molecule has 1 atom stereocenters. The molecule has 0 saturated heterocycles. The topological polar surface area (TPSA) is 20.2 Å². The molecule has 0 saturated carbocycles. The fraction of sp³-hybridized carbons (Fsp3) is 0.760. The van der Waals surface area contributed by atoms with Crippen LogP contribution in [-0.4, -0.2) is 5.11 Å². The zero-order chi connectivity index (χ0) is 19.4. The molecule has 0 bridgehead atoms. The van der Waals surface area contributed by atoms with Crippen LogP contribution in [0.5, 0.6) is 5.75 Å². The molecule has 1 nitrogen and oxygen atoms in total. The minimum atomic E-state index is 0.191. The van der Waals surface area contributed by atoms with Gasteiger partial charge in [-0.05, 0) is 41.4 Å². The second-order valence-electron chi connectivity index (χ2n) is 8.93. The van der Waals surface area contributed by atoms with E-state index in [4.69, 9.17) is 0 Å². The summed E-state index contributed by atoms with van der Waals surface area (Å²) < 4.78 is 0. The first-order valence-electron chi connectivity index (χ1n) is 11.3. The average molecular weight is 361 g/mol. The van der Waals surface area contributed by atoms with Gasteiger partial charge in [-0.25, -0.2) is 0 Å². The Bertz CT molecular complexity index is 489. The maximum absolute atomic E-state index is 10.4. The lowest BCUT2D eigenvalue weighted by atomic mass is 9.78. The minimum Gasteiger partial charge on any atom is -0.508 e. The maximum atomic E-state index is 10.4. The molecule has 1 N–H and O–H groups in total. The van der Waals surface area contributed by atoms with Gasteiger partial charge in [0.15, 0.2) is 0 Å². The number of phenols is 1. The zero-order valence-electron chi connectivity index (χ0n) is 18.2. The van der Waals surface area contributed by atoms with Crippen molar-refractivity contribution in [2.75, 3.05) is 0 Å². The van der Waals surface area contributed by atoms with Crippen LogP contribution < -0.4 is 0 Å². The standard InChI is InChI=1S/C25H44O/c1-6-8-10-12-13-14-16-21(3)23-20-22(17-18-24(23)26)25(4,5)19-15-11-9-7-2/h17-18,20-21,26H,6-16,19H2,1-5H3. The molecule has 1 aromatic carbocycles. The van der Waals surface area contributed by atoms with Gasteiger partial charge in [0.25, 0.3) is 0 Å². The largest absolute Gasteiger partial charge is 0.508 e. The van der Waals surface area contributed by atoms with E-state index in [0.29, 0.717) is 11.7 Å². The number of benzene rings is 1. The summed E-state index contributed by atoms with van der Waals surface area (Å²) in [6.07, 6.45) is 15.7. The summed E-state index contributed by atoms with van der Waals surface area (Å²) in [5.41, 5.74) is 2.73. The third kappa shape index (κ3) is 8.14. The van der Waals surface area contributed by atoms with Crippen LogP contribution in [0.3, 0.4) is 0 Å². The molecule has 0 amide bonds. The molecule has 0 aliphatic rings. The predicted molar refractivity (Wildman–Crippen MR) is 116 cm³/mol. The Morgan fingerprint density at radius 2 is 1.42 bits per heavy atom. The van der Waals surface area contributed by atoms with Crippen LogP contribution in [0.15, 0.2) is 18.2 Å². The lowest BCUT2D eigenvalue weighted by Crippen LogP contribution is -2.17. The van der Waals surface area contributed by atoms with Gasteiger partial charge in [0.2, 0.25) is 0 Å². The minimum absolute atomic E-state index is 0.191. The highest BCUT2D eigenvalue weighted by atomic mass is 16.3. The van der Waals surface area contributed by atoms with Crippen molar-refractivity contribution in [2.24, 2.45) is 0 Å². The van der Waals surface area contributed by atoms with E-state index >= 15 is 0 Å². The number of unbranched alkanes of at least 4 members (excludes halogenated alkanes) is 8. The van der Waals surface area contributed by atoms with Crippen LogP contribution in [-0.2, 0) is 5.41 Å². The maximum Gasteiger partial charge on any atom is 0.119 e. The monoisotopic (exact) mass is 360 g/mol. The third-order valence-electron chi connectivity index (χ3n) is 5.99. The molecule has 0 heterocycles. The molecule has 0 aromatic heterocycles. The van der Waals surface area contributed by atoms with E-state index in [1.165, 1.54) is 82.6 Å². The molecule has 1 unspecified atom stereocenters. The van der Waals surface area contributed by atoms with E-state index in [-0.39, 0.29) is 5.41 Å². The smallest absolute Gasteiger partial charge is 0.119 e. The van der Waals surface area contributed by atoms with Gasteiger partial charge in [-0.3, -0.25) is 0 Å². The van der Waals surface area contributed by atoms with Gasteiger partial charge in [-0.2, -0.15) is 0 Å². The van der Waals surface area contributed by atoms with Crippen LogP contribution in [0, 0.1) is 0 Å². The lowest BCUT2D eigenvalue weighted by molar-refractivity contribution is 0.437. The quantitative estimate of drug-likeness (QED) is 0.330. The Morgan fingerprint density at radius 3 is 2.08 bits per heavy atom. The summed E-state index contributed by atoms with van der Waals surface area (Å²) in [6, 6.07) is 6.35. The van der Waals surface area contributed by atoms with E-state index in [1.807, 2.05) is 6.07 Å². The molecule has 0 aliphatic heterocycles. The molecule has 0 radical (unpaired) electrons. The van der Waals surface area contributed by atoms with Crippen LogP contribution in [0.25, 0.3) is 0 Å². The van der Waals surface area contributed by atoms with Crippen molar-refractivity contribution in [2.45, 2.75) is 123 Å². The van der Waals surface area contributed by atoms with Crippen LogP contribution in [0.4, 0.5) is 0 Å². The fourth-order valence-electron chi connectivity index (χ4n) is 3.89. The van der Waals surface area contributed by atoms with Crippen LogP contribution >= 0.6 is 0 Å². The molecular weight excluding hydrogens is 316 g/mol. The van der Waals surface area contributed by atoms with Gasteiger partial charge >= 0.3 is 0 Å². The number of hydrogen-bond acceptors (Lipinski definition) is 1. The Kier molecular flexibility index (Phi) is 11.0. The fourth-order valence-corrected chi connectivity index (χ4v) is 3.89. The molecular formula is C25H44O. The summed E-state index contributed by atoms with van der Waals surface area (Å²) in [7, 11) is 0. The van der Waals surface area contributed by atoms with Crippen molar-refractivity contribution < 1.29 is 5.11 Å². The van der Waals surface area contributed by atoms with Crippen molar-refractivity contribution in [1.29, 1.82) is 0 Å². The summed E-state index contributed by atoms with van der Waals surface area (Å²) in [4.78, 5) is 0. The number of aromatic hydroxyl groups is 1. The molecule has 0 aliphatic carbocycles. The Hall–Kier alpha value is -0.980. The first-order valence-corrected chi connectivity index (χ1v) is 11.3. The van der Waals surface area contributed by atoms with E-state index in [0.717, 1.165) is 5.56 Å². The zero-order valence-corrected chi connectivity index (χ0v) is 18.2. The normalized spacial score (nSPS) is 13.1. The van der Waals surface area contributed by atoms with Gasteiger partial charge < -0.3 is 5.11 Å². The Balaban J connectivity index is 2.61. The van der Waals surface area contributed by atoms with Gasteiger partial charge in [0, 0.05) is 0 Å². The van der Waals surface area contributed by atoms with Crippen molar-refractivity contribution in [3.8, 4) is 5.75 Å².